The van der Waals surface area contributed by atoms with Gasteiger partial charge in [0, 0.05) is 70.4 Å². The highest BCUT2D eigenvalue weighted by molar-refractivity contribution is 5.93. The molecular formula is C20H28N4O4. The van der Waals surface area contributed by atoms with Crippen molar-refractivity contribution in [2.45, 2.75) is 19.8 Å². The number of hydrogen-bond donors (Lipinski definition) is 1. The van der Waals surface area contributed by atoms with Crippen molar-refractivity contribution in [1.82, 2.24) is 9.80 Å². The number of ether oxygens (including phenoxy) is 1. The summed E-state index contributed by atoms with van der Waals surface area (Å²) in [7, 11) is 0. The first kappa shape index (κ1) is 20.1. The molecule has 2 fully saturated rings. The fraction of sp³-hybridized carbons (Fsp3) is 0.550. The summed E-state index contributed by atoms with van der Waals surface area (Å²) < 4.78 is 5.36. The van der Waals surface area contributed by atoms with Crippen LogP contribution in [0.1, 0.15) is 19.8 Å². The summed E-state index contributed by atoms with van der Waals surface area (Å²) in [5, 5.41) is 2.85. The Bertz CT molecular complexity index is 693. The maximum absolute atomic E-state index is 12.3. The zero-order chi connectivity index (χ0) is 19.9. The predicted octanol–water partition coefficient (Wildman–Crippen LogP) is 0.933. The Kier molecular flexibility index (Phi) is 6.86. The molecule has 3 amide bonds. The van der Waals surface area contributed by atoms with Gasteiger partial charge in [0.15, 0.2) is 0 Å². The van der Waals surface area contributed by atoms with Crippen molar-refractivity contribution in [3.8, 4) is 0 Å². The van der Waals surface area contributed by atoms with Crippen molar-refractivity contribution in [2.24, 2.45) is 0 Å². The molecule has 0 bridgehead atoms. The van der Waals surface area contributed by atoms with Gasteiger partial charge in [0.1, 0.15) is 0 Å². The Hall–Kier alpha value is -2.61. The Morgan fingerprint density at radius 1 is 0.893 bits per heavy atom. The lowest BCUT2D eigenvalue weighted by Gasteiger charge is -2.34. The minimum atomic E-state index is -0.171. The van der Waals surface area contributed by atoms with Crippen molar-refractivity contribution >= 4 is 29.1 Å². The lowest BCUT2D eigenvalue weighted by atomic mass is 10.2. The zero-order valence-electron chi connectivity index (χ0n) is 16.4. The molecule has 2 aliphatic heterocycles. The number of rotatable bonds is 5. The van der Waals surface area contributed by atoms with Crippen LogP contribution in [0.4, 0.5) is 11.4 Å². The number of benzene rings is 1. The first-order chi connectivity index (χ1) is 13.5. The average Bonchev–Trinajstić information content (AvgIpc) is 2.73. The molecule has 8 heteroatoms. The van der Waals surface area contributed by atoms with E-state index < -0.39 is 0 Å². The van der Waals surface area contributed by atoms with Crippen LogP contribution in [0.2, 0.25) is 0 Å². The van der Waals surface area contributed by atoms with Crippen molar-refractivity contribution in [2.75, 3.05) is 62.7 Å². The summed E-state index contributed by atoms with van der Waals surface area (Å²) in [5.74, 6) is -0.179. The van der Waals surface area contributed by atoms with E-state index in [2.05, 4.69) is 10.2 Å². The number of carbonyl (C=O) groups excluding carboxylic acids is 3. The fourth-order valence-corrected chi connectivity index (χ4v) is 3.45. The lowest BCUT2D eigenvalue weighted by molar-refractivity contribution is -0.138. The molecule has 8 nitrogen and oxygen atoms in total. The smallest absolute Gasteiger partial charge is 0.224 e. The molecule has 0 unspecified atom stereocenters. The molecule has 28 heavy (non-hydrogen) atoms. The predicted molar refractivity (Wildman–Crippen MR) is 106 cm³/mol. The molecule has 0 aliphatic carbocycles. The van der Waals surface area contributed by atoms with Gasteiger partial charge in [-0.05, 0) is 24.3 Å². The molecular weight excluding hydrogens is 360 g/mol. The number of carbonyl (C=O) groups is 3. The number of amides is 3. The van der Waals surface area contributed by atoms with Crippen LogP contribution >= 0.6 is 0 Å². The fourth-order valence-electron chi connectivity index (χ4n) is 3.45. The largest absolute Gasteiger partial charge is 0.378 e. The van der Waals surface area contributed by atoms with Gasteiger partial charge in [0.05, 0.1) is 13.2 Å². The molecule has 2 aliphatic rings. The van der Waals surface area contributed by atoms with Crippen molar-refractivity contribution in [3.05, 3.63) is 24.3 Å². The Balaban J connectivity index is 1.40. The monoisotopic (exact) mass is 388 g/mol. The van der Waals surface area contributed by atoms with Gasteiger partial charge in [-0.15, -0.1) is 0 Å². The maximum Gasteiger partial charge on any atom is 0.224 e. The Labute approximate surface area is 165 Å². The van der Waals surface area contributed by atoms with Gasteiger partial charge < -0.3 is 24.8 Å². The third-order valence-corrected chi connectivity index (χ3v) is 5.17. The number of hydrogen-bond acceptors (Lipinski definition) is 5. The van der Waals surface area contributed by atoms with E-state index in [1.54, 1.807) is 9.80 Å². The quantitative estimate of drug-likeness (QED) is 0.812. The third kappa shape index (κ3) is 5.45. The summed E-state index contributed by atoms with van der Waals surface area (Å²) in [4.78, 5) is 41.5. The van der Waals surface area contributed by atoms with Crippen LogP contribution in [0.3, 0.4) is 0 Å². The van der Waals surface area contributed by atoms with Crippen LogP contribution in [0, 0.1) is 0 Å². The van der Waals surface area contributed by atoms with Gasteiger partial charge in [-0.25, -0.2) is 0 Å². The first-order valence-corrected chi connectivity index (χ1v) is 9.79. The van der Waals surface area contributed by atoms with Gasteiger partial charge in [0.2, 0.25) is 17.7 Å². The average molecular weight is 388 g/mol. The van der Waals surface area contributed by atoms with Gasteiger partial charge in [-0.3, -0.25) is 14.4 Å². The molecule has 0 aromatic heterocycles. The molecule has 152 valence electrons. The van der Waals surface area contributed by atoms with Crippen molar-refractivity contribution in [1.29, 1.82) is 0 Å². The normalized spacial score (nSPS) is 17.4. The second-order valence-electron chi connectivity index (χ2n) is 7.08. The SMILES string of the molecule is CC(=O)N1CCN(C(=O)CCC(=O)Nc2ccc(N3CCOCC3)cc2)CC1. The highest BCUT2D eigenvalue weighted by Crippen LogP contribution is 2.19. The molecule has 0 radical (unpaired) electrons. The first-order valence-electron chi connectivity index (χ1n) is 9.79. The van der Waals surface area contributed by atoms with E-state index in [1.807, 2.05) is 24.3 Å². The molecule has 0 atom stereocenters. The molecule has 1 aromatic carbocycles. The standard InChI is InChI=1S/C20H28N4O4/c1-16(25)22-8-10-24(11-9-22)20(27)7-6-19(26)21-17-2-4-18(5-3-17)23-12-14-28-15-13-23/h2-5H,6-15H2,1H3,(H,21,26). The van der Waals surface area contributed by atoms with Crippen LogP contribution in [-0.4, -0.2) is 80.0 Å². The highest BCUT2D eigenvalue weighted by atomic mass is 16.5. The van der Waals surface area contributed by atoms with Crippen LogP contribution in [0.5, 0.6) is 0 Å². The molecule has 0 spiro atoms. The van der Waals surface area contributed by atoms with Crippen LogP contribution in [0.15, 0.2) is 24.3 Å². The maximum atomic E-state index is 12.3. The summed E-state index contributed by atoms with van der Waals surface area (Å²) in [6.07, 6.45) is 0.328. The van der Waals surface area contributed by atoms with Crippen LogP contribution in [-0.2, 0) is 19.1 Å². The van der Waals surface area contributed by atoms with Gasteiger partial charge in [-0.1, -0.05) is 0 Å². The topological polar surface area (TPSA) is 82.2 Å². The zero-order valence-corrected chi connectivity index (χ0v) is 16.4. The van der Waals surface area contributed by atoms with E-state index in [1.165, 1.54) is 6.92 Å². The van der Waals surface area contributed by atoms with E-state index in [-0.39, 0.29) is 30.6 Å². The Morgan fingerprint density at radius 3 is 2.11 bits per heavy atom. The molecule has 0 saturated carbocycles. The third-order valence-electron chi connectivity index (χ3n) is 5.17. The number of nitrogens with zero attached hydrogens (tertiary/aromatic N) is 3. The van der Waals surface area contributed by atoms with E-state index >= 15 is 0 Å². The minimum absolute atomic E-state index is 0.0334. The Morgan fingerprint density at radius 2 is 1.50 bits per heavy atom. The summed E-state index contributed by atoms with van der Waals surface area (Å²) in [5.41, 5.74) is 1.84. The number of nitrogens with one attached hydrogen (secondary N) is 1. The van der Waals surface area contributed by atoms with Crippen molar-refractivity contribution < 1.29 is 19.1 Å². The molecule has 1 N–H and O–H groups in total. The molecule has 2 heterocycles. The molecule has 2 saturated heterocycles. The summed E-state index contributed by atoms with van der Waals surface area (Å²) >= 11 is 0. The van der Waals surface area contributed by atoms with Gasteiger partial charge >= 0.3 is 0 Å². The summed E-state index contributed by atoms with van der Waals surface area (Å²) in [6.45, 7) is 6.92. The van der Waals surface area contributed by atoms with E-state index in [0.717, 1.165) is 37.7 Å². The summed E-state index contributed by atoms with van der Waals surface area (Å²) in [6, 6.07) is 7.73. The second-order valence-corrected chi connectivity index (χ2v) is 7.08. The number of piperazine rings is 1. The van der Waals surface area contributed by atoms with Gasteiger partial charge in [0.25, 0.3) is 0 Å². The molecule has 1 aromatic rings. The van der Waals surface area contributed by atoms with Gasteiger partial charge in [-0.2, -0.15) is 0 Å². The van der Waals surface area contributed by atoms with E-state index in [0.29, 0.717) is 26.2 Å². The van der Waals surface area contributed by atoms with E-state index in [4.69, 9.17) is 4.74 Å². The lowest BCUT2D eigenvalue weighted by Crippen LogP contribution is -2.50. The van der Waals surface area contributed by atoms with Crippen LogP contribution < -0.4 is 10.2 Å². The number of anilines is 2. The minimum Gasteiger partial charge on any atom is -0.378 e. The van der Waals surface area contributed by atoms with Crippen molar-refractivity contribution in [3.63, 3.8) is 0 Å². The second kappa shape index (κ2) is 9.54. The highest BCUT2D eigenvalue weighted by Gasteiger charge is 2.22. The molecule has 3 rings (SSSR count). The van der Waals surface area contributed by atoms with Crippen LogP contribution in [0.25, 0.3) is 0 Å². The number of morpholine rings is 1. The van der Waals surface area contributed by atoms with E-state index in [9.17, 15) is 14.4 Å².